The number of unbranched alkanes of at least 4 members (excludes halogenated alkanes) is 1. The van der Waals surface area contributed by atoms with Crippen LogP contribution in [0.15, 0.2) is 0 Å². The SMILES string of the molecule is CC.CC.CCC.CCC(C)C.CCCC. The maximum atomic E-state index is 2.22. The molecule has 0 saturated carbocycles. The minimum Gasteiger partial charge on any atom is -0.0683 e. The predicted octanol–water partition coefficient (Wildman–Crippen LogP) is 7.33. The second-order valence-electron chi connectivity index (χ2n) is 3.51. The molecule has 0 spiro atoms. The van der Waals surface area contributed by atoms with Gasteiger partial charge in [-0.25, -0.2) is 0 Å². The van der Waals surface area contributed by atoms with Crippen molar-refractivity contribution in [3.63, 3.8) is 0 Å². The Bertz CT molecular complexity index is 35.3. The zero-order chi connectivity index (χ0) is 14.4. The lowest BCUT2D eigenvalue weighted by atomic mass is 10.2. The third-order valence-corrected chi connectivity index (χ3v) is 1.32. The highest BCUT2D eigenvalue weighted by Gasteiger charge is 1.80. The van der Waals surface area contributed by atoms with E-state index in [1.807, 2.05) is 27.7 Å². The third kappa shape index (κ3) is 263. The van der Waals surface area contributed by atoms with Crippen molar-refractivity contribution < 1.29 is 0 Å². The fourth-order valence-corrected chi connectivity index (χ4v) is 0. The van der Waals surface area contributed by atoms with Gasteiger partial charge in [0.1, 0.15) is 0 Å². The Kier molecular flexibility index (Phi) is 112. The van der Waals surface area contributed by atoms with Crippen molar-refractivity contribution in [2.45, 2.75) is 102 Å². The monoisotopic (exact) mass is 234 g/mol. The summed E-state index contributed by atoms with van der Waals surface area (Å²) in [7, 11) is 0. The highest BCUT2D eigenvalue weighted by atomic mass is 13.9. The van der Waals surface area contributed by atoms with E-state index < -0.39 is 0 Å². The van der Waals surface area contributed by atoms with Crippen molar-refractivity contribution in [1.82, 2.24) is 0 Å². The van der Waals surface area contributed by atoms with Gasteiger partial charge in [-0.05, 0) is 5.92 Å². The maximum absolute atomic E-state index is 2.22. The average molecular weight is 235 g/mol. The van der Waals surface area contributed by atoms with Gasteiger partial charge in [0.25, 0.3) is 0 Å². The van der Waals surface area contributed by atoms with Gasteiger partial charge in [0, 0.05) is 0 Å². The Hall–Kier alpha value is 0. The van der Waals surface area contributed by atoms with Gasteiger partial charge in [-0.15, -0.1) is 0 Å². The van der Waals surface area contributed by atoms with E-state index in [-0.39, 0.29) is 0 Å². The lowest BCUT2D eigenvalue weighted by Crippen LogP contribution is -1.77. The summed E-state index contributed by atoms with van der Waals surface area (Å²) in [6.07, 6.45) is 5.19. The Balaban J connectivity index is -0.0000000334. The van der Waals surface area contributed by atoms with E-state index in [0.717, 1.165) is 5.92 Å². The molecule has 0 aliphatic carbocycles. The minimum atomic E-state index is 0.884. The molecule has 0 radical (unpaired) electrons. The molecule has 0 saturated heterocycles. The standard InChI is InChI=1S/C5H12.C4H10.C3H8.2C2H6/c1-4-5(2)3;1-3-4-2;1-3-2;2*1-2/h5H,4H2,1-3H3;3-4H2,1-2H3;3H2,1-2H3;2*1-2H3. The third-order valence-electron chi connectivity index (χ3n) is 1.32. The van der Waals surface area contributed by atoms with Crippen LogP contribution in [0.2, 0.25) is 0 Å². The molecule has 0 fully saturated rings. The van der Waals surface area contributed by atoms with Crippen LogP contribution in [0.1, 0.15) is 102 Å². The lowest BCUT2D eigenvalue weighted by molar-refractivity contribution is 0.626. The summed E-state index contributed by atoms with van der Waals surface area (Å²) in [5.74, 6) is 0.884. The molecule has 106 valence electrons. The van der Waals surface area contributed by atoms with Crippen molar-refractivity contribution in [1.29, 1.82) is 0 Å². The first kappa shape index (κ1) is 29.8. The van der Waals surface area contributed by atoms with Crippen LogP contribution in [0.4, 0.5) is 0 Å². The molecule has 0 aliphatic heterocycles. The van der Waals surface area contributed by atoms with E-state index in [9.17, 15) is 0 Å². The van der Waals surface area contributed by atoms with Gasteiger partial charge >= 0.3 is 0 Å². The summed E-state index contributed by atoms with van der Waals surface area (Å²) >= 11 is 0. The highest BCUT2D eigenvalue weighted by Crippen LogP contribution is 1.93. The number of hydrogen-bond donors (Lipinski definition) is 0. The summed E-state index contributed by atoms with van der Waals surface area (Å²) in [4.78, 5) is 0. The molecule has 0 nitrogen and oxygen atoms in total. The molecule has 0 heterocycles. The maximum Gasteiger partial charge on any atom is -0.0474 e. The fourth-order valence-electron chi connectivity index (χ4n) is 0. The highest BCUT2D eigenvalue weighted by molar-refractivity contribution is 4.32. The van der Waals surface area contributed by atoms with Crippen molar-refractivity contribution >= 4 is 0 Å². The van der Waals surface area contributed by atoms with Crippen molar-refractivity contribution in [3.05, 3.63) is 0 Å². The molecule has 0 aromatic heterocycles. The first-order valence-electron chi connectivity index (χ1n) is 7.60. The van der Waals surface area contributed by atoms with Crippen LogP contribution in [0.3, 0.4) is 0 Å². The molecular formula is C16H42. The molecule has 0 aromatic rings. The Morgan fingerprint density at radius 1 is 0.625 bits per heavy atom. The van der Waals surface area contributed by atoms with Gasteiger partial charge in [-0.2, -0.15) is 0 Å². The molecule has 0 rings (SSSR count). The Labute approximate surface area is 108 Å². The first-order chi connectivity index (χ1) is 7.60. The van der Waals surface area contributed by atoms with E-state index in [0.29, 0.717) is 0 Å². The second-order valence-corrected chi connectivity index (χ2v) is 3.51. The Morgan fingerprint density at radius 2 is 0.750 bits per heavy atom. The van der Waals surface area contributed by atoms with E-state index in [4.69, 9.17) is 0 Å². The van der Waals surface area contributed by atoms with Gasteiger partial charge in [0.05, 0.1) is 0 Å². The second kappa shape index (κ2) is 60.0. The quantitative estimate of drug-likeness (QED) is 0.469. The fraction of sp³-hybridized carbons (Fsp3) is 1.00. The molecular weight excluding hydrogens is 192 g/mol. The van der Waals surface area contributed by atoms with Crippen molar-refractivity contribution in [2.24, 2.45) is 5.92 Å². The lowest BCUT2D eigenvalue weighted by Gasteiger charge is -1.90. The van der Waals surface area contributed by atoms with Crippen LogP contribution in [0, 0.1) is 5.92 Å². The smallest absolute Gasteiger partial charge is 0.0474 e. The zero-order valence-electron chi connectivity index (χ0n) is 14.4. The van der Waals surface area contributed by atoms with Gasteiger partial charge < -0.3 is 0 Å². The Morgan fingerprint density at radius 3 is 0.750 bits per heavy atom. The molecule has 0 atom stereocenters. The van der Waals surface area contributed by atoms with Gasteiger partial charge in [0.15, 0.2) is 0 Å². The summed E-state index contributed by atoms with van der Waals surface area (Å²) in [5, 5.41) is 0. The number of rotatable bonds is 2. The minimum absolute atomic E-state index is 0.884. The molecule has 0 amide bonds. The van der Waals surface area contributed by atoms with Crippen molar-refractivity contribution in [3.8, 4) is 0 Å². The molecule has 0 aromatic carbocycles. The van der Waals surface area contributed by atoms with E-state index >= 15 is 0 Å². The van der Waals surface area contributed by atoms with E-state index in [1.165, 1.54) is 25.7 Å². The van der Waals surface area contributed by atoms with E-state index in [1.54, 1.807) is 0 Å². The molecule has 16 heavy (non-hydrogen) atoms. The van der Waals surface area contributed by atoms with Crippen LogP contribution in [0.25, 0.3) is 0 Å². The first-order valence-corrected chi connectivity index (χ1v) is 7.60. The van der Waals surface area contributed by atoms with Crippen LogP contribution < -0.4 is 0 Å². The largest absolute Gasteiger partial charge is 0.0683 e. The topological polar surface area (TPSA) is 0 Å². The summed E-state index contributed by atoms with van der Waals surface area (Å²) in [6.45, 7) is 23.3. The molecule has 0 unspecified atom stereocenters. The zero-order valence-corrected chi connectivity index (χ0v) is 14.4. The summed E-state index contributed by atoms with van der Waals surface area (Å²) in [6, 6.07) is 0. The molecule has 0 heteroatoms. The van der Waals surface area contributed by atoms with Crippen LogP contribution in [0.5, 0.6) is 0 Å². The van der Waals surface area contributed by atoms with Gasteiger partial charge in [0.2, 0.25) is 0 Å². The molecule has 0 bridgehead atoms. The van der Waals surface area contributed by atoms with Crippen molar-refractivity contribution in [2.75, 3.05) is 0 Å². The normalized spacial score (nSPS) is 6.75. The summed E-state index contributed by atoms with van der Waals surface area (Å²) < 4.78 is 0. The van der Waals surface area contributed by atoms with Gasteiger partial charge in [-0.1, -0.05) is 102 Å². The number of hydrogen-bond acceptors (Lipinski definition) is 0. The predicted molar refractivity (Wildman–Crippen MR) is 84.4 cm³/mol. The molecule has 0 aliphatic rings. The van der Waals surface area contributed by atoms with Crippen LogP contribution in [-0.4, -0.2) is 0 Å². The van der Waals surface area contributed by atoms with Crippen LogP contribution in [-0.2, 0) is 0 Å². The van der Waals surface area contributed by atoms with E-state index in [2.05, 4.69) is 48.5 Å². The summed E-state index contributed by atoms with van der Waals surface area (Å²) in [5.41, 5.74) is 0. The average Bonchev–Trinajstić information content (AvgIpc) is 2.35. The van der Waals surface area contributed by atoms with Crippen LogP contribution >= 0.6 is 0 Å². The van der Waals surface area contributed by atoms with Gasteiger partial charge in [-0.3, -0.25) is 0 Å². The molecule has 0 N–H and O–H groups in total.